The Kier molecular flexibility index (Phi) is 4.13. The van der Waals surface area contributed by atoms with Gasteiger partial charge in [-0.15, -0.1) is 0 Å². The van der Waals surface area contributed by atoms with Crippen LogP contribution in [-0.4, -0.2) is 36.0 Å². The molecule has 2 aliphatic heterocycles. The van der Waals surface area contributed by atoms with Gasteiger partial charge in [0.2, 0.25) is 5.91 Å². The highest BCUT2D eigenvalue weighted by Crippen LogP contribution is 2.46. The van der Waals surface area contributed by atoms with E-state index in [4.69, 9.17) is 4.74 Å². The van der Waals surface area contributed by atoms with Gasteiger partial charge in [-0.05, 0) is 36.9 Å². The van der Waals surface area contributed by atoms with Crippen molar-refractivity contribution < 1.29 is 13.9 Å². The second kappa shape index (κ2) is 6.44. The first-order chi connectivity index (χ1) is 12.1. The zero-order valence-corrected chi connectivity index (χ0v) is 14.0. The predicted molar refractivity (Wildman–Crippen MR) is 90.3 cm³/mol. The summed E-state index contributed by atoms with van der Waals surface area (Å²) < 4.78 is 19.5. The number of benzene rings is 1. The molecule has 5 nitrogen and oxygen atoms in total. The fraction of sp³-hybridized carbons (Fsp3) is 0.368. The van der Waals surface area contributed by atoms with E-state index in [0.29, 0.717) is 25.4 Å². The second-order valence-corrected chi connectivity index (χ2v) is 6.73. The van der Waals surface area contributed by atoms with Crippen LogP contribution in [0.4, 0.5) is 4.39 Å². The molecular weight excluding hydrogens is 321 g/mol. The minimum Gasteiger partial charge on any atom is -0.493 e. The Balaban J connectivity index is 1.50. The molecule has 0 bridgehead atoms. The Morgan fingerprint density at radius 1 is 1.44 bits per heavy atom. The average Bonchev–Trinajstić information content (AvgIpc) is 2.98. The monoisotopic (exact) mass is 341 g/mol. The molecule has 1 saturated heterocycles. The summed E-state index contributed by atoms with van der Waals surface area (Å²) in [6.45, 7) is 1.56. The van der Waals surface area contributed by atoms with Crippen molar-refractivity contribution in [2.45, 2.75) is 12.6 Å². The fourth-order valence-electron chi connectivity index (χ4n) is 3.95. The van der Waals surface area contributed by atoms with Gasteiger partial charge < -0.3 is 10.1 Å². The van der Waals surface area contributed by atoms with Crippen molar-refractivity contribution in [2.75, 3.05) is 20.2 Å². The first kappa shape index (κ1) is 16.0. The van der Waals surface area contributed by atoms with Crippen molar-refractivity contribution in [1.82, 2.24) is 15.2 Å². The molecule has 4 rings (SSSR count). The van der Waals surface area contributed by atoms with Crippen LogP contribution in [0.1, 0.15) is 17.2 Å². The minimum atomic E-state index is -0.277. The molecule has 1 amide bonds. The van der Waals surface area contributed by atoms with E-state index in [0.717, 1.165) is 11.1 Å². The van der Waals surface area contributed by atoms with E-state index in [1.807, 2.05) is 19.2 Å². The summed E-state index contributed by atoms with van der Waals surface area (Å²) in [7, 11) is 1.98. The number of carbonyl (C=O) groups is 1. The Labute approximate surface area is 145 Å². The van der Waals surface area contributed by atoms with E-state index < -0.39 is 0 Å². The molecule has 130 valence electrons. The predicted octanol–water partition coefficient (Wildman–Crippen LogP) is 2.15. The lowest BCUT2D eigenvalue weighted by Gasteiger charge is -2.33. The molecule has 1 N–H and O–H groups in total. The molecule has 0 unspecified atom stereocenters. The summed E-state index contributed by atoms with van der Waals surface area (Å²) in [5.74, 6) is 0.287. The number of carbonyl (C=O) groups excluding carboxylic acids is 1. The van der Waals surface area contributed by atoms with Crippen molar-refractivity contribution in [1.29, 1.82) is 0 Å². The molecule has 6 heteroatoms. The number of halogens is 1. The number of pyridine rings is 1. The number of nitrogens with zero attached hydrogens (tertiary/aromatic N) is 2. The van der Waals surface area contributed by atoms with E-state index >= 15 is 0 Å². The largest absolute Gasteiger partial charge is 0.493 e. The third-order valence-corrected chi connectivity index (χ3v) is 5.13. The first-order valence-corrected chi connectivity index (χ1v) is 8.42. The Hall–Kier alpha value is -2.47. The van der Waals surface area contributed by atoms with E-state index in [9.17, 15) is 9.18 Å². The van der Waals surface area contributed by atoms with Crippen LogP contribution in [0.15, 0.2) is 42.7 Å². The van der Waals surface area contributed by atoms with Crippen LogP contribution in [-0.2, 0) is 11.3 Å². The quantitative estimate of drug-likeness (QED) is 0.929. The highest BCUT2D eigenvalue weighted by Gasteiger charge is 2.47. The van der Waals surface area contributed by atoms with Crippen LogP contribution in [0.25, 0.3) is 0 Å². The Morgan fingerprint density at radius 2 is 2.32 bits per heavy atom. The molecule has 3 atom stereocenters. The topological polar surface area (TPSA) is 54.5 Å². The van der Waals surface area contributed by atoms with E-state index in [1.54, 1.807) is 18.5 Å². The number of rotatable bonds is 3. The van der Waals surface area contributed by atoms with Gasteiger partial charge in [-0.25, -0.2) is 4.39 Å². The molecule has 25 heavy (non-hydrogen) atoms. The van der Waals surface area contributed by atoms with Gasteiger partial charge in [0, 0.05) is 43.0 Å². The Morgan fingerprint density at radius 3 is 3.12 bits per heavy atom. The van der Waals surface area contributed by atoms with E-state index in [1.165, 1.54) is 12.1 Å². The third kappa shape index (κ3) is 2.98. The molecule has 2 aliphatic rings. The maximum atomic E-state index is 13.7. The molecule has 2 aromatic rings. The number of amides is 1. The van der Waals surface area contributed by atoms with E-state index in [-0.39, 0.29) is 29.6 Å². The third-order valence-electron chi connectivity index (χ3n) is 5.13. The molecule has 0 saturated carbocycles. The molecule has 0 spiro atoms. The smallest absolute Gasteiger partial charge is 0.225 e. The maximum absolute atomic E-state index is 13.7. The van der Waals surface area contributed by atoms with Crippen LogP contribution < -0.4 is 10.1 Å². The van der Waals surface area contributed by atoms with Gasteiger partial charge in [0.15, 0.2) is 0 Å². The van der Waals surface area contributed by atoms with Crippen LogP contribution >= 0.6 is 0 Å². The van der Waals surface area contributed by atoms with Gasteiger partial charge in [0.1, 0.15) is 11.6 Å². The zero-order valence-electron chi connectivity index (χ0n) is 14.0. The molecule has 0 radical (unpaired) electrons. The maximum Gasteiger partial charge on any atom is 0.225 e. The molecule has 1 aromatic carbocycles. The van der Waals surface area contributed by atoms with Crippen LogP contribution in [0.2, 0.25) is 0 Å². The molecular formula is C19H20FN3O2. The lowest BCUT2D eigenvalue weighted by molar-refractivity contribution is -0.126. The molecule has 1 aromatic heterocycles. The first-order valence-electron chi connectivity index (χ1n) is 8.42. The van der Waals surface area contributed by atoms with Gasteiger partial charge in [-0.2, -0.15) is 0 Å². The number of fused-ring (bicyclic) bond motifs is 3. The summed E-state index contributed by atoms with van der Waals surface area (Å²) >= 11 is 0. The lowest BCUT2D eigenvalue weighted by Crippen LogP contribution is -2.37. The van der Waals surface area contributed by atoms with Crippen molar-refractivity contribution in [3.63, 3.8) is 0 Å². The number of aromatic nitrogens is 1. The van der Waals surface area contributed by atoms with Gasteiger partial charge in [-0.3, -0.25) is 14.7 Å². The number of ether oxygens (including phenoxy) is 1. The van der Waals surface area contributed by atoms with Gasteiger partial charge >= 0.3 is 0 Å². The van der Waals surface area contributed by atoms with Crippen LogP contribution in [0.3, 0.4) is 0 Å². The van der Waals surface area contributed by atoms with Crippen LogP contribution in [0, 0.1) is 17.7 Å². The number of hydrogen-bond donors (Lipinski definition) is 1. The van der Waals surface area contributed by atoms with Gasteiger partial charge in [-0.1, -0.05) is 6.07 Å². The highest BCUT2D eigenvalue weighted by molar-refractivity contribution is 5.80. The Bertz CT molecular complexity index is 783. The lowest BCUT2D eigenvalue weighted by atomic mass is 9.85. The summed E-state index contributed by atoms with van der Waals surface area (Å²) in [5, 5.41) is 2.99. The SMILES string of the molecule is CN1C[C@@H](C(=O)NCc2cccnc2)[C@@H]2COc3ccc(F)cc3[C@@H]21. The number of hydrogen-bond acceptors (Lipinski definition) is 4. The van der Waals surface area contributed by atoms with E-state index in [2.05, 4.69) is 15.2 Å². The van der Waals surface area contributed by atoms with Gasteiger partial charge in [0.25, 0.3) is 0 Å². The van der Waals surface area contributed by atoms with Crippen molar-refractivity contribution >= 4 is 5.91 Å². The summed E-state index contributed by atoms with van der Waals surface area (Å²) in [6.07, 6.45) is 3.45. The second-order valence-electron chi connectivity index (χ2n) is 6.73. The zero-order chi connectivity index (χ0) is 17.4. The molecule has 1 fully saturated rings. The average molecular weight is 341 g/mol. The normalized spacial score (nSPS) is 25.0. The van der Waals surface area contributed by atoms with Crippen molar-refractivity contribution in [3.8, 4) is 5.75 Å². The number of likely N-dealkylation sites (tertiary alicyclic amines) is 1. The molecule has 0 aliphatic carbocycles. The number of nitrogens with one attached hydrogen (secondary N) is 1. The van der Waals surface area contributed by atoms with Gasteiger partial charge in [0.05, 0.1) is 12.5 Å². The standard InChI is InChI=1S/C19H20FN3O2/c1-23-10-15(19(24)22-9-12-3-2-6-21-8-12)16-11-25-17-5-4-13(20)7-14(17)18(16)23/h2-8,15-16,18H,9-11H2,1H3,(H,22,24)/t15-,16+,18+/m1/s1. The fourth-order valence-corrected chi connectivity index (χ4v) is 3.95. The highest BCUT2D eigenvalue weighted by atomic mass is 19.1. The van der Waals surface area contributed by atoms with Crippen molar-refractivity contribution in [3.05, 3.63) is 59.7 Å². The van der Waals surface area contributed by atoms with Crippen LogP contribution in [0.5, 0.6) is 5.75 Å². The minimum absolute atomic E-state index is 0.00616. The molecule has 3 heterocycles. The van der Waals surface area contributed by atoms with Crippen molar-refractivity contribution in [2.24, 2.45) is 11.8 Å². The summed E-state index contributed by atoms with van der Waals surface area (Å²) in [6, 6.07) is 8.39. The summed E-state index contributed by atoms with van der Waals surface area (Å²) in [4.78, 5) is 18.9. The summed E-state index contributed by atoms with van der Waals surface area (Å²) in [5.41, 5.74) is 1.80.